The second-order valence-corrected chi connectivity index (χ2v) is 70.9. The second kappa shape index (κ2) is 15.9. The maximum absolute atomic E-state index is 2.53. The van der Waals surface area contributed by atoms with E-state index >= 15 is 0 Å². The molecule has 0 heterocycles. The smallest absolute Gasteiger partial charge is 0.311 e. The third kappa shape index (κ3) is 19.8. The van der Waals surface area contributed by atoms with Crippen LogP contribution < -0.4 is 0 Å². The molecule has 0 spiro atoms. The molecule has 243 valence electrons. The summed E-state index contributed by atoms with van der Waals surface area (Å²) < 4.78 is 0. The molecule has 0 aliphatic heterocycles. The van der Waals surface area contributed by atoms with Gasteiger partial charge in [-0.05, 0) is 0 Å². The normalized spacial score (nSPS) is 14.8. The zero-order valence-corrected chi connectivity index (χ0v) is 43.7. The van der Waals surface area contributed by atoms with E-state index < -0.39 is 72.7 Å². The van der Waals surface area contributed by atoms with E-state index in [2.05, 4.69) is 191 Å². The van der Waals surface area contributed by atoms with Crippen molar-refractivity contribution in [3.05, 3.63) is 14.4 Å². The zero-order chi connectivity index (χ0) is 33.2. The molecule has 0 bridgehead atoms. The van der Waals surface area contributed by atoms with Crippen molar-refractivity contribution in [1.29, 1.82) is 0 Å². The van der Waals surface area contributed by atoms with Crippen molar-refractivity contribution in [2.24, 2.45) is 0 Å². The van der Waals surface area contributed by atoms with Crippen LogP contribution in [0.4, 0.5) is 0 Å². The van der Waals surface area contributed by atoms with Crippen LogP contribution in [0.3, 0.4) is 0 Å². The van der Waals surface area contributed by atoms with E-state index in [1.807, 2.05) is 0 Å². The first-order valence-corrected chi connectivity index (χ1v) is 47.2. The Hall–Kier alpha value is 2.48. The van der Waals surface area contributed by atoms with Crippen molar-refractivity contribution in [3.8, 4) is 0 Å². The van der Waals surface area contributed by atoms with Crippen LogP contribution >= 0.6 is 0 Å². The summed E-state index contributed by atoms with van der Waals surface area (Å²) in [5, 5.41) is 0. The SMILES string of the molecule is C[Si](C)(C)[C-]([Si](C)(C)C)[Si](C)(C)C.C[Si](C)(C)[C-]([Si](C)(C)C)[Si](C)(C)C.C[Si](C)(C)[C-]([Si](C)(C)C)[Si](C)(C)C.[Cr+3]. The molecule has 0 aliphatic rings. The Morgan fingerprint density at radius 3 is 0.225 bits per heavy atom. The molecule has 0 saturated heterocycles. The fourth-order valence-corrected chi connectivity index (χ4v) is 91.1. The van der Waals surface area contributed by atoms with E-state index in [0.717, 1.165) is 0 Å². The summed E-state index contributed by atoms with van der Waals surface area (Å²) >= 11 is 0. The van der Waals surface area contributed by atoms with Gasteiger partial charge < -0.3 is 14.4 Å². The van der Waals surface area contributed by atoms with Crippen molar-refractivity contribution in [2.45, 2.75) is 177 Å². The first kappa shape index (κ1) is 49.4. The van der Waals surface area contributed by atoms with Crippen LogP contribution in [0.1, 0.15) is 0 Å². The molecule has 0 nitrogen and oxygen atoms in total. The first-order valence-electron chi connectivity index (χ1n) is 15.8. The minimum absolute atomic E-state index is 0. The van der Waals surface area contributed by atoms with Crippen molar-refractivity contribution >= 4 is 72.7 Å². The molecule has 0 aromatic carbocycles. The number of hydrogen-bond donors (Lipinski definition) is 0. The van der Waals surface area contributed by atoms with Crippen LogP contribution in [-0.2, 0) is 17.4 Å². The fourth-order valence-electron chi connectivity index (χ4n) is 10.1. The maximum Gasteiger partial charge on any atom is 3.00 e. The Balaban J connectivity index is -0.000000240. The Kier molecular flexibility index (Phi) is 19.6. The van der Waals surface area contributed by atoms with Gasteiger partial charge in [0.25, 0.3) is 0 Å². The average molecular weight is 747 g/mol. The van der Waals surface area contributed by atoms with Gasteiger partial charge in [-0.1, -0.05) is 177 Å². The van der Waals surface area contributed by atoms with E-state index in [1.165, 1.54) is 0 Å². The van der Waals surface area contributed by atoms with Gasteiger partial charge in [-0.3, -0.25) is 0 Å². The van der Waals surface area contributed by atoms with Crippen LogP contribution in [-0.4, -0.2) is 72.7 Å². The molecular formula is C30H81CrSi9. The van der Waals surface area contributed by atoms with E-state index in [-0.39, 0.29) is 17.4 Å². The molecule has 0 amide bonds. The average Bonchev–Trinajstić information content (AvgIpc) is 2.29. The number of rotatable bonds is 9. The van der Waals surface area contributed by atoms with Gasteiger partial charge >= 0.3 is 17.4 Å². The summed E-state index contributed by atoms with van der Waals surface area (Å²) in [5.74, 6) is 0. The predicted octanol–water partition coefficient (Wildman–Crippen LogP) is 12.6. The van der Waals surface area contributed by atoms with Gasteiger partial charge in [0.1, 0.15) is 0 Å². The molecule has 0 unspecified atom stereocenters. The first-order chi connectivity index (χ1) is 16.1. The van der Waals surface area contributed by atoms with Gasteiger partial charge in [0.05, 0.1) is 0 Å². The third-order valence-electron chi connectivity index (χ3n) is 6.75. The van der Waals surface area contributed by atoms with Crippen LogP contribution in [0.15, 0.2) is 0 Å². The topological polar surface area (TPSA) is 0 Å². The van der Waals surface area contributed by atoms with Crippen molar-refractivity contribution in [2.75, 3.05) is 0 Å². The third-order valence-corrected chi connectivity index (χ3v) is 60.8. The second-order valence-electron chi connectivity index (χ2n) is 21.4. The minimum atomic E-state index is -1.02. The molecule has 0 aromatic heterocycles. The van der Waals surface area contributed by atoms with Crippen molar-refractivity contribution in [1.82, 2.24) is 0 Å². The van der Waals surface area contributed by atoms with Crippen LogP contribution in [0, 0.1) is 14.4 Å². The van der Waals surface area contributed by atoms with Gasteiger partial charge in [0.2, 0.25) is 0 Å². The molecule has 0 aliphatic carbocycles. The van der Waals surface area contributed by atoms with Crippen LogP contribution in [0.25, 0.3) is 0 Å². The van der Waals surface area contributed by atoms with E-state index in [9.17, 15) is 0 Å². The Labute approximate surface area is 279 Å². The Bertz CT molecular complexity index is 505. The van der Waals surface area contributed by atoms with Crippen LogP contribution in [0.5, 0.6) is 0 Å². The van der Waals surface area contributed by atoms with Crippen LogP contribution in [0.2, 0.25) is 177 Å². The van der Waals surface area contributed by atoms with Gasteiger partial charge in [-0.2, -0.15) is 0 Å². The molecule has 1 radical (unpaired) electrons. The molecular weight excluding hydrogens is 665 g/mol. The summed E-state index contributed by atoms with van der Waals surface area (Å²) in [6, 6.07) is 0. The molecule has 0 N–H and O–H groups in total. The number of hydrogen-bond acceptors (Lipinski definition) is 0. The van der Waals surface area contributed by atoms with Crippen molar-refractivity contribution < 1.29 is 17.4 Å². The summed E-state index contributed by atoms with van der Waals surface area (Å²) in [4.78, 5) is 6.19. The minimum Gasteiger partial charge on any atom is -0.311 e. The fraction of sp³-hybridized carbons (Fsp3) is 0.900. The molecule has 0 saturated carbocycles. The standard InChI is InChI=1S/3C10H27Si3.Cr/c3*1-11(2,3)10(12(4,5)6)13(7,8)9;/h3*1-9H3;/q3*-1;+3. The van der Waals surface area contributed by atoms with E-state index in [0.29, 0.717) is 0 Å². The molecule has 0 rings (SSSR count). The largest absolute Gasteiger partial charge is 3.00 e. The molecule has 40 heavy (non-hydrogen) atoms. The van der Waals surface area contributed by atoms with Crippen molar-refractivity contribution in [3.63, 3.8) is 0 Å². The quantitative estimate of drug-likeness (QED) is 0.163. The summed E-state index contributed by atoms with van der Waals surface area (Å²) in [6.07, 6.45) is 0. The van der Waals surface area contributed by atoms with Gasteiger partial charge in [-0.15, -0.1) is 72.7 Å². The molecule has 10 heteroatoms. The van der Waals surface area contributed by atoms with Gasteiger partial charge in [-0.25, -0.2) is 0 Å². The maximum atomic E-state index is 2.53. The Morgan fingerprint density at radius 1 is 0.175 bits per heavy atom. The molecule has 0 fully saturated rings. The van der Waals surface area contributed by atoms with Gasteiger partial charge in [0.15, 0.2) is 0 Å². The summed E-state index contributed by atoms with van der Waals surface area (Å²) in [6.45, 7) is 68.2. The molecule has 0 aromatic rings. The van der Waals surface area contributed by atoms with E-state index in [4.69, 9.17) is 0 Å². The Morgan fingerprint density at radius 2 is 0.225 bits per heavy atom. The zero-order valence-electron chi connectivity index (χ0n) is 33.4. The summed E-state index contributed by atoms with van der Waals surface area (Å²) in [7, 11) is -9.16. The monoisotopic (exact) mass is 745 g/mol. The molecule has 0 atom stereocenters. The summed E-state index contributed by atoms with van der Waals surface area (Å²) in [5.41, 5.74) is 0. The predicted molar refractivity (Wildman–Crippen MR) is 220 cm³/mol. The van der Waals surface area contributed by atoms with Gasteiger partial charge in [0, 0.05) is 0 Å². The van der Waals surface area contributed by atoms with E-state index in [1.54, 1.807) is 0 Å².